The van der Waals surface area contributed by atoms with E-state index < -0.39 is 0 Å². The molecule has 7 heteroatoms. The molecule has 2 aliphatic rings. The molecule has 1 heterocycles. The molecule has 2 amide bonds. The molecular weight excluding hydrogens is 361 g/mol. The molecule has 1 saturated carbocycles. The Labute approximate surface area is 159 Å². The summed E-state index contributed by atoms with van der Waals surface area (Å²) in [5, 5.41) is 6.94. The van der Waals surface area contributed by atoms with E-state index in [2.05, 4.69) is 10.6 Å². The van der Waals surface area contributed by atoms with Gasteiger partial charge in [-0.05, 0) is 30.9 Å². The van der Waals surface area contributed by atoms with E-state index in [0.29, 0.717) is 37.5 Å². The second-order valence-electron chi connectivity index (χ2n) is 6.50. The molecule has 0 radical (unpaired) electrons. The minimum absolute atomic E-state index is 0. The van der Waals surface area contributed by atoms with Crippen molar-refractivity contribution in [3.8, 4) is 0 Å². The van der Waals surface area contributed by atoms with Gasteiger partial charge in [-0.15, -0.1) is 12.4 Å². The summed E-state index contributed by atoms with van der Waals surface area (Å²) in [4.78, 5) is 26.1. The molecule has 1 aromatic carbocycles. The van der Waals surface area contributed by atoms with Crippen molar-refractivity contribution in [1.82, 2.24) is 15.5 Å². The van der Waals surface area contributed by atoms with E-state index in [1.165, 1.54) is 0 Å². The van der Waals surface area contributed by atoms with Crippen LogP contribution in [0.5, 0.6) is 0 Å². The molecule has 25 heavy (non-hydrogen) atoms. The summed E-state index contributed by atoms with van der Waals surface area (Å²) >= 11 is 6.31. The Hall–Kier alpha value is -1.30. The van der Waals surface area contributed by atoms with Gasteiger partial charge in [-0.1, -0.05) is 29.8 Å². The molecule has 138 valence electrons. The Balaban J connectivity index is 0.00000225. The van der Waals surface area contributed by atoms with Crippen LogP contribution in [0.3, 0.4) is 0 Å². The lowest BCUT2D eigenvalue weighted by molar-refractivity contribution is -0.134. The lowest BCUT2D eigenvalue weighted by atomic mass is 10.0. The predicted octanol–water partition coefficient (Wildman–Crippen LogP) is 2.54. The van der Waals surface area contributed by atoms with Crippen LogP contribution in [0, 0.1) is 5.92 Å². The molecule has 1 aliphatic heterocycles. The topological polar surface area (TPSA) is 61.4 Å². The van der Waals surface area contributed by atoms with E-state index in [4.69, 9.17) is 11.6 Å². The number of nitrogens with one attached hydrogen (secondary N) is 2. The van der Waals surface area contributed by atoms with Gasteiger partial charge < -0.3 is 15.5 Å². The molecule has 5 nitrogen and oxygen atoms in total. The molecule has 1 aliphatic carbocycles. The number of rotatable bonds is 6. The highest BCUT2D eigenvalue weighted by Crippen LogP contribution is 2.29. The smallest absolute Gasteiger partial charge is 0.223 e. The Bertz CT molecular complexity index is 608. The van der Waals surface area contributed by atoms with E-state index >= 15 is 0 Å². The Morgan fingerprint density at radius 1 is 1.28 bits per heavy atom. The van der Waals surface area contributed by atoms with Crippen molar-refractivity contribution in [3.63, 3.8) is 0 Å². The number of benzene rings is 1. The molecule has 1 aromatic rings. The number of piperazine rings is 1. The number of halogens is 2. The molecule has 0 bridgehead atoms. The quantitative estimate of drug-likeness (QED) is 0.739. The van der Waals surface area contributed by atoms with Crippen LogP contribution in [0.25, 0.3) is 0 Å². The number of carbonyl (C=O) groups excluding carboxylic acids is 2. The summed E-state index contributed by atoms with van der Waals surface area (Å²) in [7, 11) is 0. The lowest BCUT2D eigenvalue weighted by Crippen LogP contribution is -2.48. The monoisotopic (exact) mass is 385 g/mol. The first-order valence-corrected chi connectivity index (χ1v) is 9.07. The van der Waals surface area contributed by atoms with E-state index in [1.54, 1.807) is 0 Å². The maximum absolute atomic E-state index is 12.6. The summed E-state index contributed by atoms with van der Waals surface area (Å²) < 4.78 is 0. The maximum atomic E-state index is 12.6. The van der Waals surface area contributed by atoms with Crippen molar-refractivity contribution in [2.75, 3.05) is 26.2 Å². The Morgan fingerprint density at radius 2 is 2.04 bits per heavy atom. The van der Waals surface area contributed by atoms with Crippen molar-refractivity contribution in [2.24, 2.45) is 5.92 Å². The molecule has 0 spiro atoms. The third-order valence-electron chi connectivity index (χ3n) is 4.64. The van der Waals surface area contributed by atoms with Crippen LogP contribution >= 0.6 is 24.0 Å². The first kappa shape index (κ1) is 20.0. The molecular formula is C18H25Cl2N3O2. The molecule has 2 N–H and O–H groups in total. The van der Waals surface area contributed by atoms with E-state index in [1.807, 2.05) is 29.2 Å². The largest absolute Gasteiger partial charge is 0.356 e. The van der Waals surface area contributed by atoms with Gasteiger partial charge in [0, 0.05) is 43.5 Å². The van der Waals surface area contributed by atoms with Crippen molar-refractivity contribution in [3.05, 3.63) is 34.9 Å². The van der Waals surface area contributed by atoms with Crippen LogP contribution in [0.2, 0.25) is 5.02 Å². The van der Waals surface area contributed by atoms with Crippen molar-refractivity contribution in [2.45, 2.75) is 31.7 Å². The summed E-state index contributed by atoms with van der Waals surface area (Å²) in [5.41, 5.74) is 0.988. The third kappa shape index (κ3) is 5.33. The highest BCUT2D eigenvalue weighted by Gasteiger charge is 2.30. The Morgan fingerprint density at radius 3 is 2.76 bits per heavy atom. The van der Waals surface area contributed by atoms with Crippen LogP contribution in [0.4, 0.5) is 0 Å². The Kier molecular flexibility index (Phi) is 7.54. The minimum Gasteiger partial charge on any atom is -0.356 e. The van der Waals surface area contributed by atoms with Crippen LogP contribution in [-0.4, -0.2) is 42.9 Å². The zero-order valence-corrected chi connectivity index (χ0v) is 15.7. The van der Waals surface area contributed by atoms with E-state index in [0.717, 1.165) is 24.9 Å². The third-order valence-corrected chi connectivity index (χ3v) is 4.99. The fourth-order valence-corrected chi connectivity index (χ4v) is 3.37. The number of carbonyl (C=O) groups is 2. The standard InChI is InChI=1S/C18H24ClN3O2.ClH/c19-15-5-2-1-4-14(15)16-12-20-10-11-22(16)17(23)6-3-9-21-18(24)13-7-8-13;/h1-2,4-5,13,16,20H,3,6-12H2,(H,21,24);1H. The van der Waals surface area contributed by atoms with Crippen molar-refractivity contribution < 1.29 is 9.59 Å². The summed E-state index contributed by atoms with van der Waals surface area (Å²) in [6.07, 6.45) is 3.14. The van der Waals surface area contributed by atoms with Crippen molar-refractivity contribution in [1.29, 1.82) is 0 Å². The van der Waals surface area contributed by atoms with E-state index in [9.17, 15) is 9.59 Å². The summed E-state index contributed by atoms with van der Waals surface area (Å²) in [6, 6.07) is 7.67. The van der Waals surface area contributed by atoms with Gasteiger partial charge in [0.2, 0.25) is 11.8 Å². The van der Waals surface area contributed by atoms with Crippen LogP contribution < -0.4 is 10.6 Å². The van der Waals surface area contributed by atoms with Gasteiger partial charge in [0.15, 0.2) is 0 Å². The molecule has 3 rings (SSSR count). The fraction of sp³-hybridized carbons (Fsp3) is 0.556. The maximum Gasteiger partial charge on any atom is 0.223 e. The normalized spacial score (nSPS) is 19.9. The highest BCUT2D eigenvalue weighted by molar-refractivity contribution is 6.31. The molecule has 1 saturated heterocycles. The lowest BCUT2D eigenvalue weighted by Gasteiger charge is -2.37. The van der Waals surface area contributed by atoms with E-state index in [-0.39, 0.29) is 36.2 Å². The summed E-state index contributed by atoms with van der Waals surface area (Å²) in [5.74, 6) is 0.485. The number of amides is 2. The van der Waals surface area contributed by atoms with Crippen LogP contribution in [0.15, 0.2) is 24.3 Å². The minimum atomic E-state index is -0.0268. The highest BCUT2D eigenvalue weighted by atomic mass is 35.5. The predicted molar refractivity (Wildman–Crippen MR) is 101 cm³/mol. The first-order valence-electron chi connectivity index (χ1n) is 8.69. The van der Waals surface area contributed by atoms with Gasteiger partial charge in [-0.25, -0.2) is 0 Å². The number of nitrogens with zero attached hydrogens (tertiary/aromatic N) is 1. The fourth-order valence-electron chi connectivity index (χ4n) is 3.11. The zero-order valence-electron chi connectivity index (χ0n) is 14.2. The molecule has 0 aromatic heterocycles. The SMILES string of the molecule is Cl.O=C(NCCCC(=O)N1CCNCC1c1ccccc1Cl)C1CC1. The molecule has 1 atom stereocenters. The first-order chi connectivity index (χ1) is 11.7. The summed E-state index contributed by atoms with van der Waals surface area (Å²) in [6.45, 7) is 2.77. The average Bonchev–Trinajstić information content (AvgIpc) is 3.44. The van der Waals surface area contributed by atoms with Gasteiger partial charge in [-0.3, -0.25) is 9.59 Å². The number of hydrogen-bond acceptors (Lipinski definition) is 3. The van der Waals surface area contributed by atoms with Gasteiger partial charge in [0.05, 0.1) is 6.04 Å². The molecule has 1 unspecified atom stereocenters. The van der Waals surface area contributed by atoms with Crippen LogP contribution in [-0.2, 0) is 9.59 Å². The zero-order chi connectivity index (χ0) is 16.9. The molecule has 2 fully saturated rings. The van der Waals surface area contributed by atoms with Crippen LogP contribution in [0.1, 0.15) is 37.3 Å². The van der Waals surface area contributed by atoms with Crippen molar-refractivity contribution >= 4 is 35.8 Å². The second-order valence-corrected chi connectivity index (χ2v) is 6.90. The van der Waals surface area contributed by atoms with Gasteiger partial charge in [0.25, 0.3) is 0 Å². The second kappa shape index (κ2) is 9.41. The van der Waals surface area contributed by atoms with Gasteiger partial charge in [-0.2, -0.15) is 0 Å². The van der Waals surface area contributed by atoms with Gasteiger partial charge in [0.1, 0.15) is 0 Å². The average molecular weight is 386 g/mol. The number of hydrogen-bond donors (Lipinski definition) is 2. The van der Waals surface area contributed by atoms with Gasteiger partial charge >= 0.3 is 0 Å².